The molecular formula is C11H15N5O3S. The number of sulfonamides is 1. The molecule has 1 atom stereocenters. The fourth-order valence-electron chi connectivity index (χ4n) is 2.14. The van der Waals surface area contributed by atoms with Crippen molar-refractivity contribution in [2.24, 2.45) is 12.8 Å². The fourth-order valence-corrected chi connectivity index (χ4v) is 3.75. The van der Waals surface area contributed by atoms with Crippen LogP contribution in [0.15, 0.2) is 17.2 Å². The van der Waals surface area contributed by atoms with Crippen molar-refractivity contribution in [3.05, 3.63) is 18.0 Å². The lowest BCUT2D eigenvalue weighted by molar-refractivity contribution is 0.0992. The summed E-state index contributed by atoms with van der Waals surface area (Å²) in [6, 6.07) is 2.43. The van der Waals surface area contributed by atoms with Crippen LogP contribution in [0.4, 0.5) is 0 Å². The number of aryl methyl sites for hydroxylation is 1. The molecule has 8 nitrogen and oxygen atoms in total. The van der Waals surface area contributed by atoms with Crippen LogP contribution in [0, 0.1) is 11.3 Å². The molecule has 1 aromatic heterocycles. The second-order valence-electron chi connectivity index (χ2n) is 4.50. The monoisotopic (exact) mass is 297 g/mol. The molecule has 0 aliphatic carbocycles. The van der Waals surface area contributed by atoms with Crippen molar-refractivity contribution in [1.82, 2.24) is 14.2 Å². The Morgan fingerprint density at radius 1 is 1.60 bits per heavy atom. The molecule has 1 unspecified atom stereocenters. The number of amides is 1. The third-order valence-electron chi connectivity index (χ3n) is 3.18. The first-order chi connectivity index (χ1) is 9.37. The maximum absolute atomic E-state index is 12.5. The predicted octanol–water partition coefficient (Wildman–Crippen LogP) is -1.39. The van der Waals surface area contributed by atoms with Gasteiger partial charge in [-0.1, -0.05) is 0 Å². The molecule has 0 bridgehead atoms. The zero-order chi connectivity index (χ0) is 14.9. The van der Waals surface area contributed by atoms with Gasteiger partial charge in [0.25, 0.3) is 5.91 Å². The van der Waals surface area contributed by atoms with Crippen molar-refractivity contribution in [2.75, 3.05) is 19.6 Å². The number of rotatable bonds is 3. The average Bonchev–Trinajstić information content (AvgIpc) is 2.81. The van der Waals surface area contributed by atoms with Gasteiger partial charge in [0.05, 0.1) is 6.07 Å². The van der Waals surface area contributed by atoms with E-state index in [1.54, 1.807) is 7.05 Å². The van der Waals surface area contributed by atoms with Crippen molar-refractivity contribution in [3.8, 4) is 6.07 Å². The summed E-state index contributed by atoms with van der Waals surface area (Å²) in [6.45, 7) is 0.972. The lowest BCUT2D eigenvalue weighted by Gasteiger charge is -2.30. The van der Waals surface area contributed by atoms with Gasteiger partial charge in [-0.25, -0.2) is 8.42 Å². The third kappa shape index (κ3) is 2.40. The zero-order valence-corrected chi connectivity index (χ0v) is 11.7. The largest absolute Gasteiger partial charge is 0.364 e. The van der Waals surface area contributed by atoms with Crippen molar-refractivity contribution in [1.29, 1.82) is 5.26 Å². The van der Waals surface area contributed by atoms with Gasteiger partial charge in [0.1, 0.15) is 16.6 Å². The highest BCUT2D eigenvalue weighted by Crippen LogP contribution is 2.21. The van der Waals surface area contributed by atoms with Crippen molar-refractivity contribution in [3.63, 3.8) is 0 Å². The Morgan fingerprint density at radius 3 is 2.85 bits per heavy atom. The number of primary amides is 1. The van der Waals surface area contributed by atoms with Crippen LogP contribution in [0.1, 0.15) is 10.5 Å². The Hall–Kier alpha value is -1.89. The number of nitrogens with two attached hydrogens (primary N) is 1. The number of nitrogens with one attached hydrogen (secondary N) is 1. The third-order valence-corrected chi connectivity index (χ3v) is 5.06. The first kappa shape index (κ1) is 14.5. The number of piperazine rings is 1. The first-order valence-corrected chi connectivity index (χ1v) is 7.40. The van der Waals surface area contributed by atoms with Crippen molar-refractivity contribution >= 4 is 15.9 Å². The molecule has 1 aliphatic rings. The molecule has 1 fully saturated rings. The molecule has 1 amide bonds. The molecule has 2 heterocycles. The van der Waals surface area contributed by atoms with Crippen LogP contribution in [-0.4, -0.2) is 48.9 Å². The van der Waals surface area contributed by atoms with Gasteiger partial charge in [-0.2, -0.15) is 9.57 Å². The molecule has 0 radical (unpaired) electrons. The van der Waals surface area contributed by atoms with Gasteiger partial charge >= 0.3 is 0 Å². The fraction of sp³-hybridized carbons (Fsp3) is 0.455. The molecule has 1 aliphatic heterocycles. The average molecular weight is 297 g/mol. The van der Waals surface area contributed by atoms with E-state index in [2.05, 4.69) is 5.32 Å². The molecule has 3 N–H and O–H groups in total. The first-order valence-electron chi connectivity index (χ1n) is 5.96. The summed E-state index contributed by atoms with van der Waals surface area (Å²) in [6.07, 6.45) is 1.33. The Bertz CT molecular complexity index is 673. The molecular weight excluding hydrogens is 282 g/mol. The minimum Gasteiger partial charge on any atom is -0.364 e. The molecule has 9 heteroatoms. The molecule has 0 aromatic carbocycles. The van der Waals surface area contributed by atoms with E-state index in [1.165, 1.54) is 16.8 Å². The number of nitrogens with zero attached hydrogens (tertiary/aromatic N) is 3. The summed E-state index contributed by atoms with van der Waals surface area (Å²) >= 11 is 0. The van der Waals surface area contributed by atoms with E-state index in [9.17, 15) is 13.2 Å². The number of hydrogen-bond donors (Lipinski definition) is 2. The Labute approximate surface area is 116 Å². The minimum absolute atomic E-state index is 0.0315. The summed E-state index contributed by atoms with van der Waals surface area (Å²) < 4.78 is 27.6. The van der Waals surface area contributed by atoms with Crippen molar-refractivity contribution < 1.29 is 13.2 Å². The Balaban J connectivity index is 2.42. The number of aromatic nitrogens is 1. The lowest BCUT2D eigenvalue weighted by atomic mass is 10.3. The maximum atomic E-state index is 12.5. The SMILES string of the molecule is Cn1cc(S(=O)(=O)N2CCNCC2C#N)cc1C(N)=O. The number of hydrogen-bond acceptors (Lipinski definition) is 5. The van der Waals surface area contributed by atoms with Crippen molar-refractivity contribution in [2.45, 2.75) is 10.9 Å². The summed E-state index contributed by atoms with van der Waals surface area (Å²) in [4.78, 5) is 11.2. The molecule has 0 saturated carbocycles. The molecule has 2 rings (SSSR count). The maximum Gasteiger partial charge on any atom is 0.265 e. The highest BCUT2D eigenvalue weighted by Gasteiger charge is 2.34. The van der Waals surface area contributed by atoms with Crippen LogP contribution in [0.25, 0.3) is 0 Å². The number of carbonyl (C=O) groups excluding carboxylic acids is 1. The standard InChI is InChI=1S/C11H15N5O3S/c1-15-7-9(4-10(15)11(13)17)20(18,19)16-3-2-14-6-8(16)5-12/h4,7-8,14H,2-3,6H2,1H3,(H2,13,17). The molecule has 0 spiro atoms. The number of nitriles is 1. The van der Waals surface area contributed by atoms with Gasteiger partial charge in [-0.05, 0) is 6.07 Å². The smallest absolute Gasteiger partial charge is 0.265 e. The summed E-state index contributed by atoms with van der Waals surface area (Å²) in [7, 11) is -2.28. The lowest BCUT2D eigenvalue weighted by Crippen LogP contribution is -2.52. The van der Waals surface area contributed by atoms with E-state index in [-0.39, 0.29) is 23.7 Å². The molecule has 1 aromatic rings. The van der Waals surface area contributed by atoms with Gasteiger partial charge in [-0.15, -0.1) is 0 Å². The summed E-state index contributed by atoms with van der Waals surface area (Å²) in [5.41, 5.74) is 5.28. The van der Waals surface area contributed by atoms with E-state index < -0.39 is 22.0 Å². The van der Waals surface area contributed by atoms with E-state index in [4.69, 9.17) is 11.0 Å². The van der Waals surface area contributed by atoms with E-state index in [0.29, 0.717) is 6.54 Å². The Morgan fingerprint density at radius 2 is 2.30 bits per heavy atom. The normalized spacial score (nSPS) is 20.5. The quantitative estimate of drug-likeness (QED) is 0.711. The van der Waals surface area contributed by atoms with Gasteiger partial charge < -0.3 is 15.6 Å². The van der Waals surface area contributed by atoms with Crippen LogP contribution >= 0.6 is 0 Å². The highest BCUT2D eigenvalue weighted by molar-refractivity contribution is 7.89. The van der Waals surface area contributed by atoms with Crippen LogP contribution in [0.3, 0.4) is 0 Å². The van der Waals surface area contributed by atoms with Gasteiger partial charge in [0.2, 0.25) is 10.0 Å². The van der Waals surface area contributed by atoms with E-state index in [1.807, 2.05) is 6.07 Å². The number of carbonyl (C=O) groups is 1. The Kier molecular flexibility index (Phi) is 3.80. The van der Waals surface area contributed by atoms with Crippen LogP contribution in [0.2, 0.25) is 0 Å². The minimum atomic E-state index is -3.82. The van der Waals surface area contributed by atoms with Gasteiger partial charge in [0.15, 0.2) is 0 Å². The van der Waals surface area contributed by atoms with E-state index >= 15 is 0 Å². The topological polar surface area (TPSA) is 121 Å². The van der Waals surface area contributed by atoms with Crippen LogP contribution in [-0.2, 0) is 17.1 Å². The summed E-state index contributed by atoms with van der Waals surface area (Å²) in [5.74, 6) is -0.703. The van der Waals surface area contributed by atoms with Crippen LogP contribution in [0.5, 0.6) is 0 Å². The summed E-state index contributed by atoms with van der Waals surface area (Å²) in [5, 5.41) is 12.0. The highest BCUT2D eigenvalue weighted by atomic mass is 32.2. The zero-order valence-electron chi connectivity index (χ0n) is 10.9. The molecule has 108 valence electrons. The second-order valence-corrected chi connectivity index (χ2v) is 6.39. The molecule has 1 saturated heterocycles. The predicted molar refractivity (Wildman–Crippen MR) is 70.1 cm³/mol. The van der Waals surface area contributed by atoms with Gasteiger partial charge in [0, 0.05) is 32.9 Å². The van der Waals surface area contributed by atoms with Gasteiger partial charge in [-0.3, -0.25) is 4.79 Å². The van der Waals surface area contributed by atoms with E-state index in [0.717, 1.165) is 4.31 Å². The van der Waals surface area contributed by atoms with Crippen LogP contribution < -0.4 is 11.1 Å². The molecule has 20 heavy (non-hydrogen) atoms. The second kappa shape index (κ2) is 5.24.